The first kappa shape index (κ1) is 23.3. The van der Waals surface area contributed by atoms with Crippen molar-refractivity contribution in [3.8, 4) is 0 Å². The molecule has 0 aliphatic heterocycles. The number of halogens is 1. The van der Waals surface area contributed by atoms with E-state index in [1.54, 1.807) is 54.6 Å². The van der Waals surface area contributed by atoms with Gasteiger partial charge in [0.25, 0.3) is 10.0 Å². The second-order valence-corrected chi connectivity index (χ2v) is 9.41. The Morgan fingerprint density at radius 3 is 2.16 bits per heavy atom. The summed E-state index contributed by atoms with van der Waals surface area (Å²) >= 11 is 6.07. The van der Waals surface area contributed by atoms with Gasteiger partial charge in [-0.05, 0) is 55.5 Å². The molecule has 0 atom stereocenters. The van der Waals surface area contributed by atoms with Crippen LogP contribution in [0.2, 0.25) is 5.02 Å². The first-order chi connectivity index (χ1) is 15.1. The zero-order valence-electron chi connectivity index (χ0n) is 17.5. The van der Waals surface area contributed by atoms with Crippen molar-refractivity contribution in [2.45, 2.75) is 18.7 Å². The van der Waals surface area contributed by atoms with Crippen LogP contribution in [0.15, 0.2) is 77.7 Å². The van der Waals surface area contributed by atoms with Crippen LogP contribution in [0, 0.1) is 6.92 Å². The maximum atomic E-state index is 13.4. The Kier molecular flexibility index (Phi) is 7.17. The van der Waals surface area contributed by atoms with Crippen molar-refractivity contribution < 1.29 is 18.0 Å². The molecular weight excluding hydrogens is 450 g/mol. The molecule has 0 unspecified atom stereocenters. The highest BCUT2D eigenvalue weighted by atomic mass is 35.5. The van der Waals surface area contributed by atoms with Crippen molar-refractivity contribution in [3.05, 3.63) is 83.4 Å². The van der Waals surface area contributed by atoms with Gasteiger partial charge in [0, 0.05) is 23.3 Å². The number of anilines is 3. The molecule has 2 N–H and O–H groups in total. The highest BCUT2D eigenvalue weighted by Crippen LogP contribution is 2.26. The van der Waals surface area contributed by atoms with Crippen LogP contribution in [0.25, 0.3) is 0 Å². The van der Waals surface area contributed by atoms with Crippen LogP contribution < -0.4 is 14.9 Å². The summed E-state index contributed by atoms with van der Waals surface area (Å²) in [4.78, 5) is 24.1. The number of hydrogen-bond donors (Lipinski definition) is 2. The first-order valence-corrected chi connectivity index (χ1v) is 11.5. The van der Waals surface area contributed by atoms with Gasteiger partial charge < -0.3 is 10.6 Å². The Labute approximate surface area is 192 Å². The number of nitrogens with zero attached hydrogens (tertiary/aromatic N) is 1. The van der Waals surface area contributed by atoms with E-state index >= 15 is 0 Å². The van der Waals surface area contributed by atoms with Gasteiger partial charge in [-0.2, -0.15) is 0 Å². The summed E-state index contributed by atoms with van der Waals surface area (Å²) in [6, 6.07) is 19.2. The minimum absolute atomic E-state index is 0.0588. The number of rotatable bonds is 7. The van der Waals surface area contributed by atoms with Gasteiger partial charge in [-0.25, -0.2) is 8.42 Å². The van der Waals surface area contributed by atoms with E-state index in [1.807, 2.05) is 6.92 Å². The zero-order valence-corrected chi connectivity index (χ0v) is 19.1. The molecule has 0 aliphatic carbocycles. The average Bonchev–Trinajstić information content (AvgIpc) is 2.72. The van der Waals surface area contributed by atoms with Gasteiger partial charge in [-0.3, -0.25) is 13.9 Å². The third-order valence-corrected chi connectivity index (χ3v) is 6.48. The Balaban J connectivity index is 1.90. The van der Waals surface area contributed by atoms with E-state index in [0.29, 0.717) is 16.4 Å². The Bertz CT molecular complexity index is 1240. The number of carbonyl (C=O) groups excluding carboxylic acids is 2. The van der Waals surface area contributed by atoms with Crippen molar-refractivity contribution in [1.82, 2.24) is 0 Å². The fraction of sp³-hybridized carbons (Fsp3) is 0.130. The maximum absolute atomic E-state index is 13.4. The molecule has 0 bridgehead atoms. The van der Waals surface area contributed by atoms with Gasteiger partial charge in [-0.15, -0.1) is 0 Å². The lowest BCUT2D eigenvalue weighted by Crippen LogP contribution is -2.38. The van der Waals surface area contributed by atoms with E-state index < -0.39 is 22.5 Å². The zero-order chi connectivity index (χ0) is 23.3. The summed E-state index contributed by atoms with van der Waals surface area (Å²) < 4.78 is 27.8. The molecule has 0 saturated heterocycles. The second-order valence-electron chi connectivity index (χ2n) is 7.11. The van der Waals surface area contributed by atoms with Crippen LogP contribution in [-0.2, 0) is 19.6 Å². The van der Waals surface area contributed by atoms with E-state index in [2.05, 4.69) is 10.6 Å². The highest BCUT2D eigenvalue weighted by molar-refractivity contribution is 7.92. The molecule has 3 aromatic carbocycles. The lowest BCUT2D eigenvalue weighted by molar-refractivity contribution is -0.115. The highest BCUT2D eigenvalue weighted by Gasteiger charge is 2.27. The van der Waals surface area contributed by atoms with Crippen LogP contribution in [0.4, 0.5) is 17.1 Å². The van der Waals surface area contributed by atoms with Crippen molar-refractivity contribution in [2.24, 2.45) is 0 Å². The molecule has 3 rings (SSSR count). The molecular formula is C23H22ClN3O4S. The van der Waals surface area contributed by atoms with Crippen molar-refractivity contribution in [3.63, 3.8) is 0 Å². The molecule has 0 aromatic heterocycles. The molecule has 2 amide bonds. The minimum atomic E-state index is -4.04. The number of carbonyl (C=O) groups is 2. The number of benzene rings is 3. The largest absolute Gasteiger partial charge is 0.326 e. The molecule has 3 aromatic rings. The van der Waals surface area contributed by atoms with Gasteiger partial charge in [0.05, 0.1) is 10.6 Å². The predicted molar refractivity (Wildman–Crippen MR) is 127 cm³/mol. The quantitative estimate of drug-likeness (QED) is 0.532. The molecule has 0 saturated carbocycles. The Morgan fingerprint density at radius 1 is 0.906 bits per heavy atom. The standard InChI is InChI=1S/C23H22ClN3O4S/c1-16-9-11-22(12-10-16)32(30,31)27(21-8-3-5-18(24)13-21)15-23(29)26-20-7-4-6-19(14-20)25-17(2)28/h3-14H,15H2,1-2H3,(H,25,28)(H,26,29). The SMILES string of the molecule is CC(=O)Nc1cccc(NC(=O)CN(c2cccc(Cl)c2)S(=O)(=O)c2ccc(C)cc2)c1. The summed E-state index contributed by atoms with van der Waals surface area (Å²) in [6.45, 7) is 2.76. The summed E-state index contributed by atoms with van der Waals surface area (Å²) in [7, 11) is -4.04. The summed E-state index contributed by atoms with van der Waals surface area (Å²) in [6.07, 6.45) is 0. The first-order valence-electron chi connectivity index (χ1n) is 9.67. The molecule has 166 valence electrons. The number of nitrogens with one attached hydrogen (secondary N) is 2. The average molecular weight is 472 g/mol. The van der Waals surface area contributed by atoms with E-state index in [4.69, 9.17) is 11.6 Å². The third kappa shape index (κ3) is 5.87. The summed E-state index contributed by atoms with van der Waals surface area (Å²) in [5.41, 5.74) is 2.10. The fourth-order valence-corrected chi connectivity index (χ4v) is 4.59. The van der Waals surface area contributed by atoms with Gasteiger partial charge in [-0.1, -0.05) is 41.4 Å². The predicted octanol–water partition coefficient (Wildman–Crippen LogP) is 4.44. The topological polar surface area (TPSA) is 95.6 Å². The second kappa shape index (κ2) is 9.84. The normalized spacial score (nSPS) is 11.0. The van der Waals surface area contributed by atoms with Crippen molar-refractivity contribution in [2.75, 3.05) is 21.5 Å². The van der Waals surface area contributed by atoms with E-state index in [1.165, 1.54) is 25.1 Å². The van der Waals surface area contributed by atoms with Crippen LogP contribution in [0.3, 0.4) is 0 Å². The molecule has 0 fully saturated rings. The van der Waals surface area contributed by atoms with E-state index in [-0.39, 0.29) is 16.5 Å². The minimum Gasteiger partial charge on any atom is -0.326 e. The number of amides is 2. The fourth-order valence-electron chi connectivity index (χ4n) is 2.99. The van der Waals surface area contributed by atoms with E-state index in [9.17, 15) is 18.0 Å². The van der Waals surface area contributed by atoms with Crippen LogP contribution in [0.5, 0.6) is 0 Å². The molecule has 0 radical (unpaired) electrons. The molecule has 0 spiro atoms. The molecule has 0 heterocycles. The number of aryl methyl sites for hydroxylation is 1. The van der Waals surface area contributed by atoms with Crippen molar-refractivity contribution in [1.29, 1.82) is 0 Å². The Hall–Kier alpha value is -3.36. The van der Waals surface area contributed by atoms with Gasteiger partial charge >= 0.3 is 0 Å². The Morgan fingerprint density at radius 2 is 1.53 bits per heavy atom. The molecule has 0 aliphatic rings. The monoisotopic (exact) mass is 471 g/mol. The smallest absolute Gasteiger partial charge is 0.264 e. The molecule has 7 nitrogen and oxygen atoms in total. The maximum Gasteiger partial charge on any atom is 0.264 e. The van der Waals surface area contributed by atoms with Gasteiger partial charge in [0.2, 0.25) is 11.8 Å². The van der Waals surface area contributed by atoms with Gasteiger partial charge in [0.1, 0.15) is 6.54 Å². The lowest BCUT2D eigenvalue weighted by atomic mass is 10.2. The van der Waals surface area contributed by atoms with E-state index in [0.717, 1.165) is 9.87 Å². The van der Waals surface area contributed by atoms with Crippen molar-refractivity contribution >= 4 is 50.5 Å². The molecule has 32 heavy (non-hydrogen) atoms. The van der Waals surface area contributed by atoms with Gasteiger partial charge in [0.15, 0.2) is 0 Å². The summed E-state index contributed by atoms with van der Waals surface area (Å²) in [5, 5.41) is 5.65. The van der Waals surface area contributed by atoms with Crippen LogP contribution in [-0.4, -0.2) is 26.8 Å². The lowest BCUT2D eigenvalue weighted by Gasteiger charge is -2.24. The van der Waals surface area contributed by atoms with Crippen LogP contribution in [0.1, 0.15) is 12.5 Å². The number of sulfonamides is 1. The molecule has 9 heteroatoms. The third-order valence-electron chi connectivity index (χ3n) is 4.46. The number of hydrogen-bond acceptors (Lipinski definition) is 4. The van der Waals surface area contributed by atoms with Crippen LogP contribution >= 0.6 is 11.6 Å². The summed E-state index contributed by atoms with van der Waals surface area (Å²) in [5.74, 6) is -0.801.